The van der Waals surface area contributed by atoms with Crippen LogP contribution in [0.1, 0.15) is 145 Å². The summed E-state index contributed by atoms with van der Waals surface area (Å²) in [5.41, 5.74) is 18.1. The van der Waals surface area contributed by atoms with Gasteiger partial charge in [0.2, 0.25) is 47.4 Å². The first kappa shape index (κ1) is 72.7. The molecule has 9 aromatic rings. The number of amides is 8. The lowest BCUT2D eigenvalue weighted by Gasteiger charge is -2.27. The molecule has 27 heteroatoms. The second-order valence-corrected chi connectivity index (χ2v) is 27.3. The lowest BCUT2D eigenvalue weighted by Crippen LogP contribution is -2.38. The molecule has 102 heavy (non-hydrogen) atoms. The number of nitrogens with two attached hydrogens (primary N) is 2. The molecule has 3 saturated carbocycles. The molecule has 7 N–H and O–H groups in total. The Labute approximate surface area is 595 Å². The fourth-order valence-corrected chi connectivity index (χ4v) is 14.3. The third kappa shape index (κ3) is 17.9. The molecule has 1 aliphatic heterocycles. The summed E-state index contributed by atoms with van der Waals surface area (Å²) in [5, 5.41) is 19.4. The minimum atomic E-state index is -0.467. The highest BCUT2D eigenvalue weighted by molar-refractivity contribution is 7.12. The number of aromatic nitrogens is 6. The molecule has 4 aliphatic rings. The van der Waals surface area contributed by atoms with Gasteiger partial charge in [-0.05, 0) is 141 Å². The number of carbonyl (C=O) groups is 8. The summed E-state index contributed by atoms with van der Waals surface area (Å²) < 4.78 is 16.2. The number of morpholine rings is 1. The van der Waals surface area contributed by atoms with Crippen molar-refractivity contribution in [1.29, 1.82) is 5.26 Å². The Balaban J connectivity index is 0.000000154. The summed E-state index contributed by atoms with van der Waals surface area (Å²) in [5.74, 6) is -0.0839. The van der Waals surface area contributed by atoms with Gasteiger partial charge in [-0.2, -0.15) is 5.26 Å². The molecule has 3 aliphatic carbocycles. The second-order valence-electron chi connectivity index (χ2n) is 26.4. The van der Waals surface area contributed by atoms with E-state index in [1.54, 1.807) is 74.3 Å². The van der Waals surface area contributed by atoms with Gasteiger partial charge < -0.3 is 49.0 Å². The average molecular weight is 1410 g/mol. The van der Waals surface area contributed by atoms with Gasteiger partial charge in [0.25, 0.3) is 17.7 Å². The summed E-state index contributed by atoms with van der Waals surface area (Å²) in [6, 6.07) is 32.1. The first-order chi connectivity index (χ1) is 49.4. The van der Waals surface area contributed by atoms with Gasteiger partial charge in [-0.25, -0.2) is 15.0 Å². The molecule has 0 radical (unpaired) electrons. The smallest absolute Gasteiger partial charge is 0.293 e. The largest absolute Gasteiger partial charge is 0.459 e. The number of hydrogen-bond donors (Lipinski definition) is 5. The van der Waals surface area contributed by atoms with E-state index < -0.39 is 23.6 Å². The Kier molecular flexibility index (Phi) is 24.4. The molecule has 8 amide bonds. The molecule has 13 rings (SSSR count). The summed E-state index contributed by atoms with van der Waals surface area (Å²) >= 11 is 1.41. The number of nitriles is 1. The molecule has 0 spiro atoms. The summed E-state index contributed by atoms with van der Waals surface area (Å²) in [6.45, 7) is 5.35. The lowest BCUT2D eigenvalue weighted by molar-refractivity contribution is -0.123. The molecular weight excluding hydrogens is 1320 g/mol. The maximum absolute atomic E-state index is 13.1. The van der Waals surface area contributed by atoms with E-state index in [1.807, 2.05) is 85.2 Å². The maximum Gasteiger partial charge on any atom is 0.293 e. The van der Waals surface area contributed by atoms with Crippen LogP contribution in [-0.4, -0.2) is 135 Å². The Bertz CT molecular complexity index is 4490. The first-order valence-electron chi connectivity index (χ1n) is 35.1. The number of thiophene rings is 1. The number of benzene rings is 4. The zero-order valence-corrected chi connectivity index (χ0v) is 58.8. The zero-order chi connectivity index (χ0) is 71.8. The SMILES string of the molecule is CN(C(=O)C1CCCCC1)c1ccc2c(c1)nc(NC(=O)c1ccc(C#N)cc1)n2CCC(N)=O.CN(C(=O)C1CCCCC1)c1ccc2c(c1)nc(NC(=O)c1ccco1)n2CCC(N)=O.CN(C(=O)C1CCCCC1)c1ccc2c(c1)nc(NC(=O)c1cccs1)n2CCN1CCOCC1. The molecule has 0 atom stereocenters. The van der Waals surface area contributed by atoms with E-state index in [-0.39, 0.29) is 85.0 Å². The minimum absolute atomic E-state index is 0.0415. The number of nitrogens with zero attached hydrogens (tertiary/aromatic N) is 11. The van der Waals surface area contributed by atoms with E-state index in [4.69, 9.17) is 30.9 Å². The van der Waals surface area contributed by atoms with Gasteiger partial charge in [0.15, 0.2) is 5.76 Å². The number of carbonyl (C=O) groups excluding carboxylic acids is 8. The quantitative estimate of drug-likeness (QED) is 0.0446. The monoisotopic (exact) mass is 1400 g/mol. The Morgan fingerprint density at radius 1 is 0.520 bits per heavy atom. The number of ether oxygens (including phenoxy) is 1. The molecular formula is C75H88N16O10S. The number of furan rings is 1. The lowest BCUT2D eigenvalue weighted by atomic mass is 9.88. The van der Waals surface area contributed by atoms with E-state index in [0.29, 0.717) is 45.0 Å². The number of anilines is 6. The van der Waals surface area contributed by atoms with Crippen molar-refractivity contribution in [2.75, 3.05) is 84.6 Å². The predicted molar refractivity (Wildman–Crippen MR) is 392 cm³/mol. The van der Waals surface area contributed by atoms with Crippen LogP contribution in [0.3, 0.4) is 0 Å². The average Bonchev–Trinajstić information content (AvgIpc) is 1.64. The van der Waals surface area contributed by atoms with Crippen LogP contribution >= 0.6 is 11.3 Å². The Morgan fingerprint density at radius 3 is 1.33 bits per heavy atom. The normalized spacial score (nSPS) is 15.3. The third-order valence-corrected chi connectivity index (χ3v) is 20.4. The van der Waals surface area contributed by atoms with Crippen LogP contribution in [0.25, 0.3) is 33.1 Å². The van der Waals surface area contributed by atoms with Crippen molar-refractivity contribution in [3.8, 4) is 6.07 Å². The molecule has 0 unspecified atom stereocenters. The molecule has 534 valence electrons. The molecule has 0 bridgehead atoms. The van der Waals surface area contributed by atoms with Crippen LogP contribution in [0, 0.1) is 29.1 Å². The molecule has 5 aromatic heterocycles. The number of hydrogen-bond acceptors (Lipinski definition) is 16. The predicted octanol–water partition coefficient (Wildman–Crippen LogP) is 11.1. The highest BCUT2D eigenvalue weighted by atomic mass is 32.1. The number of rotatable bonds is 21. The van der Waals surface area contributed by atoms with Crippen molar-refractivity contribution in [3.63, 3.8) is 0 Å². The zero-order valence-electron chi connectivity index (χ0n) is 57.9. The molecule has 26 nitrogen and oxygen atoms in total. The van der Waals surface area contributed by atoms with Crippen LogP contribution in [0.5, 0.6) is 0 Å². The van der Waals surface area contributed by atoms with Gasteiger partial charge in [0, 0.05) is 114 Å². The number of fused-ring (bicyclic) bond motifs is 3. The first-order valence-corrected chi connectivity index (χ1v) is 36.0. The number of nitrogens with one attached hydrogen (secondary N) is 3. The van der Waals surface area contributed by atoms with Gasteiger partial charge in [-0.15, -0.1) is 11.3 Å². The van der Waals surface area contributed by atoms with Gasteiger partial charge in [-0.3, -0.25) is 59.2 Å². The van der Waals surface area contributed by atoms with Crippen LogP contribution in [0.2, 0.25) is 0 Å². The van der Waals surface area contributed by atoms with Crippen LogP contribution in [0.4, 0.5) is 34.9 Å². The van der Waals surface area contributed by atoms with Crippen molar-refractivity contribution in [2.45, 2.75) is 129 Å². The number of aryl methyl sites for hydroxylation is 2. The van der Waals surface area contributed by atoms with Gasteiger partial charge >= 0.3 is 0 Å². The minimum Gasteiger partial charge on any atom is -0.459 e. The number of imidazole rings is 3. The highest BCUT2D eigenvalue weighted by Gasteiger charge is 2.30. The summed E-state index contributed by atoms with van der Waals surface area (Å²) in [4.78, 5) is 122. The van der Waals surface area contributed by atoms with E-state index in [2.05, 4.69) is 35.4 Å². The van der Waals surface area contributed by atoms with E-state index in [0.717, 1.165) is 144 Å². The van der Waals surface area contributed by atoms with E-state index in [9.17, 15) is 38.4 Å². The molecule has 4 fully saturated rings. The van der Waals surface area contributed by atoms with Crippen molar-refractivity contribution < 1.29 is 47.5 Å². The van der Waals surface area contributed by atoms with Crippen molar-refractivity contribution in [1.82, 2.24) is 33.6 Å². The molecule has 1 saturated heterocycles. The maximum atomic E-state index is 13.1. The van der Waals surface area contributed by atoms with Crippen LogP contribution in [-0.2, 0) is 48.3 Å². The molecule has 4 aromatic carbocycles. The van der Waals surface area contributed by atoms with Gasteiger partial charge in [0.05, 0.1) is 69.1 Å². The molecule has 6 heterocycles. The fraction of sp³-hybridized carbons (Fsp3) is 0.413. The van der Waals surface area contributed by atoms with Crippen molar-refractivity contribution in [3.05, 3.63) is 137 Å². The van der Waals surface area contributed by atoms with Gasteiger partial charge in [-0.1, -0.05) is 63.9 Å². The Hall–Kier alpha value is -10.6. The van der Waals surface area contributed by atoms with Crippen LogP contribution < -0.4 is 42.1 Å². The summed E-state index contributed by atoms with van der Waals surface area (Å²) in [6.07, 6.45) is 17.4. The van der Waals surface area contributed by atoms with Crippen molar-refractivity contribution >= 4 is 127 Å². The third-order valence-electron chi connectivity index (χ3n) is 19.6. The highest BCUT2D eigenvalue weighted by Crippen LogP contribution is 2.34. The van der Waals surface area contributed by atoms with E-state index in [1.165, 1.54) is 36.9 Å². The Morgan fingerprint density at radius 2 is 0.941 bits per heavy atom. The second kappa shape index (κ2) is 34.2. The summed E-state index contributed by atoms with van der Waals surface area (Å²) in [7, 11) is 5.41. The fourth-order valence-electron chi connectivity index (χ4n) is 13.7. The number of primary amides is 2. The van der Waals surface area contributed by atoms with E-state index >= 15 is 0 Å². The topological polar surface area (TPSA) is 337 Å². The van der Waals surface area contributed by atoms with Crippen LogP contribution in [0.15, 0.2) is 119 Å². The standard InChI is InChI=1S/C26H28N6O3.C26H33N5O3S.C23H27N5O4/c1-31(25(35)19-5-3-2-4-6-19)20-11-12-22-21(15-20)29-26(32(22)14-13-23(28)33)30-24(34)18-9-7-17(16-27)8-10-18;1-29(25(33)19-6-3-2-4-7-19)20-9-10-22-21(18-20)27-26(28-24(32)23-8-5-17-35-23)31(22)12-11-30-13-15-34-16-14-30;1-27(22(31)15-6-3-2-4-7-15)16-9-10-18-17(14-16)25-23(28(18)12-11-20(24)29)26-21(30)19-8-5-13-32-19/h7-12,15,19H,2-6,13-14H2,1H3,(H2,28,33)(H,29,30,34);5,8-10,17-19H,2-4,6-7,11-16H2,1H3,(H,27,28,32);5,8-10,13-15H,2-4,6-7,11-12H2,1H3,(H2,24,29)(H,25,26,30). The van der Waals surface area contributed by atoms with Crippen molar-refractivity contribution in [2.24, 2.45) is 29.2 Å². The van der Waals surface area contributed by atoms with Gasteiger partial charge in [0.1, 0.15) is 0 Å².